The first-order chi connectivity index (χ1) is 32.0. The Hall–Kier alpha value is -7.02. The van der Waals surface area contributed by atoms with Crippen LogP contribution in [0.2, 0.25) is 15.1 Å². The summed E-state index contributed by atoms with van der Waals surface area (Å²) in [6.07, 6.45) is 18.8. The van der Waals surface area contributed by atoms with Gasteiger partial charge in [0.05, 0.1) is 22.8 Å². The third-order valence-corrected chi connectivity index (χ3v) is 10.2. The first-order valence-corrected chi connectivity index (χ1v) is 22.5. The van der Waals surface area contributed by atoms with Crippen molar-refractivity contribution in [3.05, 3.63) is 259 Å². The molecule has 66 heavy (non-hydrogen) atoms. The van der Waals surface area contributed by atoms with Crippen LogP contribution >= 0.6 is 34.8 Å². The molecule has 4 aromatic heterocycles. The maximum absolute atomic E-state index is 11.2. The van der Waals surface area contributed by atoms with Crippen molar-refractivity contribution in [1.29, 1.82) is 0 Å². The molecule has 0 saturated carbocycles. The van der Waals surface area contributed by atoms with E-state index in [4.69, 9.17) is 34.8 Å². The predicted molar refractivity (Wildman–Crippen MR) is 282 cm³/mol. The van der Waals surface area contributed by atoms with Crippen molar-refractivity contribution in [3.63, 3.8) is 0 Å². The third kappa shape index (κ3) is 18.6. The van der Waals surface area contributed by atoms with Crippen molar-refractivity contribution < 1.29 is 4.79 Å². The summed E-state index contributed by atoms with van der Waals surface area (Å²) in [5.41, 5.74) is 11.8. The van der Waals surface area contributed by atoms with Gasteiger partial charge in [-0.1, -0.05) is 163 Å². The van der Waals surface area contributed by atoms with E-state index in [-0.39, 0.29) is 5.78 Å². The molecule has 8 heteroatoms. The fourth-order valence-electron chi connectivity index (χ4n) is 5.88. The van der Waals surface area contributed by atoms with Crippen LogP contribution in [0.1, 0.15) is 86.3 Å². The van der Waals surface area contributed by atoms with Gasteiger partial charge in [-0.25, -0.2) is 4.98 Å². The van der Waals surface area contributed by atoms with Crippen molar-refractivity contribution in [2.24, 2.45) is 0 Å². The van der Waals surface area contributed by atoms with Gasteiger partial charge in [-0.15, -0.1) is 0 Å². The number of aromatic nitrogens is 4. The van der Waals surface area contributed by atoms with Crippen LogP contribution in [-0.2, 0) is 6.42 Å². The van der Waals surface area contributed by atoms with Crippen LogP contribution in [0.4, 0.5) is 0 Å². The summed E-state index contributed by atoms with van der Waals surface area (Å²) in [7, 11) is 0. The van der Waals surface area contributed by atoms with Gasteiger partial charge >= 0.3 is 0 Å². The summed E-state index contributed by atoms with van der Waals surface area (Å²) in [6.45, 7) is 7.61. The molecule has 330 valence electrons. The maximum atomic E-state index is 11.2. The predicted octanol–water partition coefficient (Wildman–Crippen LogP) is 16.4. The highest BCUT2D eigenvalue weighted by molar-refractivity contribution is 6.32. The highest BCUT2D eigenvalue weighted by Gasteiger charge is 2.00. The van der Waals surface area contributed by atoms with Gasteiger partial charge in [-0.05, 0) is 145 Å². The first kappa shape index (κ1) is 50.0. The Morgan fingerprint density at radius 3 is 1.56 bits per heavy atom. The lowest BCUT2D eigenvalue weighted by atomic mass is 10.1. The number of benzene rings is 4. The molecule has 4 heterocycles. The van der Waals surface area contributed by atoms with Crippen molar-refractivity contribution >= 4 is 89.2 Å². The lowest BCUT2D eigenvalue weighted by Gasteiger charge is -1.98. The quantitative estimate of drug-likeness (QED) is 0.128. The second kappa shape index (κ2) is 27.3. The van der Waals surface area contributed by atoms with Crippen LogP contribution in [0.15, 0.2) is 176 Å². The Balaban J connectivity index is 0.000000165. The molecule has 0 aliphatic heterocycles. The zero-order valence-corrected chi connectivity index (χ0v) is 39.7. The Labute approximate surface area is 404 Å². The summed E-state index contributed by atoms with van der Waals surface area (Å²) in [4.78, 5) is 28.6. The largest absolute Gasteiger partial charge is 0.293 e. The Bertz CT molecular complexity index is 2820. The molecule has 0 aliphatic carbocycles. The second-order valence-electron chi connectivity index (χ2n) is 14.7. The Kier molecular flexibility index (Phi) is 20.7. The normalized spacial score (nSPS) is 10.8. The number of ketones is 1. The topological polar surface area (TPSA) is 68.6 Å². The SMILES string of the molecule is CC(=O)c1cccc(C=Cc2ccccc2)n1.CCc1ccc(C=Cc2ccccc2Cl)nc1.Cc1cccc(C=Cc2ccc(Cl)cc2)n1.Cc1cccc(C=Cc2cccc(Cl)c2)n1. The van der Waals surface area contributed by atoms with E-state index in [0.29, 0.717) is 5.69 Å². The van der Waals surface area contributed by atoms with Crippen molar-refractivity contribution in [1.82, 2.24) is 19.9 Å². The summed E-state index contributed by atoms with van der Waals surface area (Å²) in [6, 6.07) is 54.7. The van der Waals surface area contributed by atoms with Crippen LogP contribution in [0.25, 0.3) is 48.6 Å². The number of halogens is 3. The molecule has 0 amide bonds. The first-order valence-electron chi connectivity index (χ1n) is 21.4. The number of rotatable bonds is 10. The number of carbonyl (C=O) groups excluding carboxylic acids is 1. The van der Waals surface area contributed by atoms with Gasteiger partial charge in [0.1, 0.15) is 5.69 Å². The van der Waals surface area contributed by atoms with E-state index in [1.54, 1.807) is 6.07 Å². The van der Waals surface area contributed by atoms with E-state index in [2.05, 4.69) is 32.9 Å². The molecule has 4 aromatic carbocycles. The van der Waals surface area contributed by atoms with Crippen LogP contribution in [-0.4, -0.2) is 25.7 Å². The van der Waals surface area contributed by atoms with E-state index in [1.165, 1.54) is 12.5 Å². The zero-order chi connectivity index (χ0) is 46.9. The molecule has 0 saturated heterocycles. The molecule has 8 aromatic rings. The lowest BCUT2D eigenvalue weighted by molar-refractivity contribution is 0.101. The number of hydrogen-bond donors (Lipinski definition) is 0. The molecule has 0 fully saturated rings. The molecular weight excluding hydrogens is 875 g/mol. The standard InChI is InChI=1S/C15H14ClN.C15H13NO.2C14H12ClN/c1-2-12-7-9-14(17-11-12)10-8-13-5-3-4-6-15(13)16;1-12(17)15-9-5-8-14(16-15)11-10-13-6-3-2-4-7-13;1-11-4-2-7-14(16-11)9-8-12-5-3-6-13(15)10-12;1-11-3-2-4-14(16-11)10-7-12-5-8-13(15)9-6-12/h3-11H,2H2,1H3;2-11H,1H3;2*2-10H,1H3. The third-order valence-electron chi connectivity index (χ3n) is 9.40. The average Bonchev–Trinajstić information content (AvgIpc) is 3.33. The highest BCUT2D eigenvalue weighted by atomic mass is 35.5. The number of Topliss-reactive ketones (excluding diaryl/α,β-unsaturated/α-hetero) is 1. The number of hydrogen-bond acceptors (Lipinski definition) is 5. The Morgan fingerprint density at radius 2 is 1.00 bits per heavy atom. The minimum Gasteiger partial charge on any atom is -0.293 e. The van der Waals surface area contributed by atoms with Gasteiger partial charge < -0.3 is 0 Å². The van der Waals surface area contributed by atoms with Gasteiger partial charge in [0.25, 0.3) is 0 Å². The number of carbonyl (C=O) groups is 1. The van der Waals surface area contributed by atoms with Gasteiger partial charge in [-0.2, -0.15) is 0 Å². The van der Waals surface area contributed by atoms with Gasteiger partial charge in [0.15, 0.2) is 5.78 Å². The van der Waals surface area contributed by atoms with Crippen LogP contribution in [0, 0.1) is 13.8 Å². The molecule has 0 atom stereocenters. The lowest BCUT2D eigenvalue weighted by Crippen LogP contribution is -1.96. The summed E-state index contributed by atoms with van der Waals surface area (Å²) < 4.78 is 0. The molecule has 0 unspecified atom stereocenters. The Morgan fingerprint density at radius 1 is 0.470 bits per heavy atom. The van der Waals surface area contributed by atoms with E-state index < -0.39 is 0 Å². The average molecular weight is 926 g/mol. The summed E-state index contributed by atoms with van der Waals surface area (Å²) in [5.74, 6) is -0.0139. The van der Waals surface area contributed by atoms with Crippen LogP contribution in [0.3, 0.4) is 0 Å². The molecular formula is C58H51Cl3N4O. The molecule has 0 aliphatic rings. The minimum absolute atomic E-state index is 0.0139. The smallest absolute Gasteiger partial charge is 0.178 e. The van der Waals surface area contributed by atoms with Crippen molar-refractivity contribution in [2.75, 3.05) is 0 Å². The summed E-state index contributed by atoms with van der Waals surface area (Å²) in [5, 5.41) is 2.26. The van der Waals surface area contributed by atoms with Crippen molar-refractivity contribution in [2.45, 2.75) is 34.1 Å². The minimum atomic E-state index is -0.0139. The van der Waals surface area contributed by atoms with E-state index in [9.17, 15) is 4.79 Å². The van der Waals surface area contributed by atoms with E-state index in [0.717, 1.165) is 77.9 Å². The zero-order valence-electron chi connectivity index (χ0n) is 37.4. The summed E-state index contributed by atoms with van der Waals surface area (Å²) >= 11 is 17.8. The molecule has 0 bridgehead atoms. The fourth-order valence-corrected chi connectivity index (χ4v) is 6.40. The number of aryl methyl sites for hydroxylation is 3. The molecule has 0 spiro atoms. The van der Waals surface area contributed by atoms with Gasteiger partial charge in [-0.3, -0.25) is 19.7 Å². The van der Waals surface area contributed by atoms with E-state index in [1.807, 2.05) is 226 Å². The second-order valence-corrected chi connectivity index (χ2v) is 16.0. The number of nitrogens with zero attached hydrogens (tertiary/aromatic N) is 4. The monoisotopic (exact) mass is 924 g/mol. The molecule has 8 rings (SSSR count). The van der Waals surface area contributed by atoms with Crippen molar-refractivity contribution in [3.8, 4) is 0 Å². The van der Waals surface area contributed by atoms with Crippen LogP contribution in [0.5, 0.6) is 0 Å². The highest BCUT2D eigenvalue weighted by Crippen LogP contribution is 2.18. The van der Waals surface area contributed by atoms with Crippen LogP contribution < -0.4 is 0 Å². The fraction of sp³-hybridized carbons (Fsp3) is 0.0862. The molecule has 5 nitrogen and oxygen atoms in total. The van der Waals surface area contributed by atoms with Gasteiger partial charge in [0, 0.05) is 39.6 Å². The molecule has 0 radical (unpaired) electrons. The van der Waals surface area contributed by atoms with Gasteiger partial charge in [0.2, 0.25) is 0 Å². The number of pyridine rings is 4. The van der Waals surface area contributed by atoms with E-state index >= 15 is 0 Å². The molecule has 0 N–H and O–H groups in total. The maximum Gasteiger partial charge on any atom is 0.178 e.